The molecule has 1 N–H and O–H groups in total. The van der Waals surface area contributed by atoms with Crippen molar-refractivity contribution in [3.63, 3.8) is 0 Å². The van der Waals surface area contributed by atoms with Crippen LogP contribution < -0.4 is 10.2 Å². The minimum absolute atomic E-state index is 0.482. The standard InChI is InChI=1S/C18H27ClN2/c1-13(2)20-12-15-16(19)7-5-9-18(15)21-11-10-14-6-3-4-8-17(14)21/h5,7,9,13-14,17,20H,3-4,6,8,10-12H2,1-2H3. The molecule has 1 aromatic rings. The van der Waals surface area contributed by atoms with Gasteiger partial charge >= 0.3 is 0 Å². The zero-order valence-electron chi connectivity index (χ0n) is 13.2. The van der Waals surface area contributed by atoms with Gasteiger partial charge < -0.3 is 10.2 Å². The number of benzene rings is 1. The number of rotatable bonds is 4. The van der Waals surface area contributed by atoms with Crippen LogP contribution in [0.4, 0.5) is 5.69 Å². The minimum atomic E-state index is 0.482. The molecule has 1 aliphatic carbocycles. The van der Waals surface area contributed by atoms with E-state index < -0.39 is 0 Å². The Bertz CT molecular complexity index is 486. The minimum Gasteiger partial charge on any atom is -0.368 e. The van der Waals surface area contributed by atoms with E-state index in [0.29, 0.717) is 6.04 Å². The molecule has 0 spiro atoms. The van der Waals surface area contributed by atoms with Crippen LogP contribution in [0.15, 0.2) is 18.2 Å². The Balaban J connectivity index is 1.85. The molecule has 0 bridgehead atoms. The van der Waals surface area contributed by atoms with Crippen LogP contribution in [-0.2, 0) is 6.54 Å². The van der Waals surface area contributed by atoms with Gasteiger partial charge in [0.1, 0.15) is 0 Å². The van der Waals surface area contributed by atoms with E-state index >= 15 is 0 Å². The quantitative estimate of drug-likeness (QED) is 0.874. The van der Waals surface area contributed by atoms with Crippen LogP contribution in [0.25, 0.3) is 0 Å². The van der Waals surface area contributed by atoms with Crippen molar-refractivity contribution >= 4 is 17.3 Å². The van der Waals surface area contributed by atoms with Crippen molar-refractivity contribution in [2.24, 2.45) is 5.92 Å². The zero-order valence-corrected chi connectivity index (χ0v) is 14.0. The predicted octanol–water partition coefficient (Wildman–Crippen LogP) is 4.61. The molecule has 3 rings (SSSR count). The van der Waals surface area contributed by atoms with Gasteiger partial charge in [0.05, 0.1) is 0 Å². The van der Waals surface area contributed by atoms with Gasteiger partial charge in [0.25, 0.3) is 0 Å². The van der Waals surface area contributed by atoms with E-state index in [1.54, 1.807) is 0 Å². The fourth-order valence-corrected chi connectivity index (χ4v) is 4.24. The van der Waals surface area contributed by atoms with Gasteiger partial charge in [0.15, 0.2) is 0 Å². The third-order valence-electron chi connectivity index (χ3n) is 5.10. The van der Waals surface area contributed by atoms with Gasteiger partial charge in [-0.2, -0.15) is 0 Å². The summed E-state index contributed by atoms with van der Waals surface area (Å²) in [7, 11) is 0. The first-order chi connectivity index (χ1) is 10.2. The SMILES string of the molecule is CC(C)NCc1c(Cl)cccc1N1CCC2CCCCC21. The Kier molecular flexibility index (Phi) is 4.75. The van der Waals surface area contributed by atoms with Gasteiger partial charge in [0, 0.05) is 41.4 Å². The molecule has 1 aromatic carbocycles. The molecule has 3 heteroatoms. The summed E-state index contributed by atoms with van der Waals surface area (Å²) >= 11 is 6.50. The monoisotopic (exact) mass is 306 g/mol. The largest absolute Gasteiger partial charge is 0.368 e. The van der Waals surface area contributed by atoms with E-state index in [1.807, 2.05) is 6.07 Å². The lowest BCUT2D eigenvalue weighted by Gasteiger charge is -2.34. The molecule has 1 saturated carbocycles. The Hall–Kier alpha value is -0.730. The maximum atomic E-state index is 6.50. The van der Waals surface area contributed by atoms with Crippen molar-refractivity contribution in [1.29, 1.82) is 0 Å². The molecule has 1 aliphatic heterocycles. The van der Waals surface area contributed by atoms with E-state index in [2.05, 4.69) is 36.2 Å². The molecule has 2 aliphatic rings. The van der Waals surface area contributed by atoms with Crippen molar-refractivity contribution < 1.29 is 0 Å². The normalized spacial score (nSPS) is 25.4. The average Bonchev–Trinajstić information content (AvgIpc) is 2.89. The first-order valence-electron chi connectivity index (χ1n) is 8.44. The lowest BCUT2D eigenvalue weighted by Crippen LogP contribution is -2.35. The van der Waals surface area contributed by atoms with Crippen LogP contribution in [0.3, 0.4) is 0 Å². The van der Waals surface area contributed by atoms with E-state index in [1.165, 1.54) is 49.9 Å². The maximum absolute atomic E-state index is 6.50. The smallest absolute Gasteiger partial charge is 0.0471 e. The zero-order chi connectivity index (χ0) is 14.8. The fourth-order valence-electron chi connectivity index (χ4n) is 4.00. The number of nitrogens with zero attached hydrogens (tertiary/aromatic N) is 1. The van der Waals surface area contributed by atoms with Gasteiger partial charge in [-0.1, -0.05) is 44.4 Å². The van der Waals surface area contributed by atoms with Gasteiger partial charge in [-0.15, -0.1) is 0 Å². The van der Waals surface area contributed by atoms with Crippen LogP contribution in [0.5, 0.6) is 0 Å². The summed E-state index contributed by atoms with van der Waals surface area (Å²) in [5.74, 6) is 0.906. The summed E-state index contributed by atoms with van der Waals surface area (Å²) < 4.78 is 0. The average molecular weight is 307 g/mol. The molecule has 116 valence electrons. The Labute approximate surface area is 133 Å². The molecule has 0 amide bonds. The topological polar surface area (TPSA) is 15.3 Å². The number of nitrogens with one attached hydrogen (secondary N) is 1. The van der Waals surface area contributed by atoms with E-state index in [4.69, 9.17) is 11.6 Å². The molecule has 2 atom stereocenters. The Morgan fingerprint density at radius 2 is 2.05 bits per heavy atom. The number of hydrogen-bond donors (Lipinski definition) is 1. The van der Waals surface area contributed by atoms with Gasteiger partial charge in [-0.25, -0.2) is 0 Å². The third-order valence-corrected chi connectivity index (χ3v) is 5.45. The fraction of sp³-hybridized carbons (Fsp3) is 0.667. The Morgan fingerprint density at radius 3 is 2.86 bits per heavy atom. The molecule has 1 saturated heterocycles. The lowest BCUT2D eigenvalue weighted by molar-refractivity contribution is 0.342. The van der Waals surface area contributed by atoms with Crippen LogP contribution in [-0.4, -0.2) is 18.6 Å². The summed E-state index contributed by atoms with van der Waals surface area (Å²) in [6, 6.07) is 7.62. The van der Waals surface area contributed by atoms with Crippen LogP contribution in [0, 0.1) is 5.92 Å². The second kappa shape index (κ2) is 6.58. The van der Waals surface area contributed by atoms with Crippen molar-refractivity contribution in [2.75, 3.05) is 11.4 Å². The number of hydrogen-bond acceptors (Lipinski definition) is 2. The van der Waals surface area contributed by atoms with Crippen LogP contribution >= 0.6 is 11.6 Å². The molecule has 2 unspecified atom stereocenters. The second-order valence-corrected chi connectivity index (χ2v) is 7.27. The summed E-state index contributed by atoms with van der Waals surface area (Å²) in [4.78, 5) is 2.65. The number of halogens is 1. The molecule has 1 heterocycles. The second-order valence-electron chi connectivity index (χ2n) is 6.87. The first-order valence-corrected chi connectivity index (χ1v) is 8.82. The molecule has 2 nitrogen and oxygen atoms in total. The van der Waals surface area contributed by atoms with Gasteiger partial charge in [-0.3, -0.25) is 0 Å². The summed E-state index contributed by atoms with van der Waals surface area (Å²) in [6.07, 6.45) is 6.94. The molecule has 0 aromatic heterocycles. The first kappa shape index (κ1) is 15.2. The van der Waals surface area contributed by atoms with Crippen molar-refractivity contribution in [1.82, 2.24) is 5.32 Å². The highest BCUT2D eigenvalue weighted by atomic mass is 35.5. The molecular formula is C18H27ClN2. The van der Waals surface area contributed by atoms with Crippen molar-refractivity contribution in [2.45, 2.75) is 64.6 Å². The van der Waals surface area contributed by atoms with E-state index in [9.17, 15) is 0 Å². The van der Waals surface area contributed by atoms with E-state index in [-0.39, 0.29) is 0 Å². The Morgan fingerprint density at radius 1 is 1.24 bits per heavy atom. The highest BCUT2D eigenvalue weighted by Crippen LogP contribution is 2.41. The van der Waals surface area contributed by atoms with Crippen LogP contribution in [0.1, 0.15) is 51.5 Å². The highest BCUT2D eigenvalue weighted by molar-refractivity contribution is 6.31. The molecule has 2 fully saturated rings. The number of fused-ring (bicyclic) bond motifs is 1. The van der Waals surface area contributed by atoms with Crippen molar-refractivity contribution in [3.05, 3.63) is 28.8 Å². The molecule has 0 radical (unpaired) electrons. The van der Waals surface area contributed by atoms with Gasteiger partial charge in [-0.05, 0) is 37.3 Å². The molecular weight excluding hydrogens is 280 g/mol. The maximum Gasteiger partial charge on any atom is 0.0471 e. The van der Waals surface area contributed by atoms with Crippen molar-refractivity contribution in [3.8, 4) is 0 Å². The third kappa shape index (κ3) is 3.22. The highest BCUT2D eigenvalue weighted by Gasteiger charge is 2.36. The van der Waals surface area contributed by atoms with Crippen LogP contribution in [0.2, 0.25) is 5.02 Å². The molecule has 21 heavy (non-hydrogen) atoms. The van der Waals surface area contributed by atoms with Gasteiger partial charge in [0.2, 0.25) is 0 Å². The summed E-state index contributed by atoms with van der Waals surface area (Å²) in [6.45, 7) is 6.43. The lowest BCUT2D eigenvalue weighted by atomic mass is 9.85. The summed E-state index contributed by atoms with van der Waals surface area (Å²) in [5, 5.41) is 4.43. The summed E-state index contributed by atoms with van der Waals surface area (Å²) in [5.41, 5.74) is 2.64. The number of anilines is 1. The van der Waals surface area contributed by atoms with E-state index in [0.717, 1.165) is 23.5 Å². The predicted molar refractivity (Wildman–Crippen MR) is 91.1 cm³/mol.